The number of nitrogens with one attached hydrogen (secondary N) is 3. The molecule has 2 aliphatic carbocycles. The Morgan fingerprint density at radius 2 is 2.07 bits per heavy atom. The Hall–Kier alpha value is -0.900. The third-order valence-electron chi connectivity index (χ3n) is 4.92. The van der Waals surface area contributed by atoms with Crippen LogP contribution >= 0.6 is 35.3 Å². The summed E-state index contributed by atoms with van der Waals surface area (Å²) in [7, 11) is 0. The van der Waals surface area contributed by atoms with Crippen molar-refractivity contribution in [2.24, 2.45) is 10.9 Å². The molecule has 1 aromatic heterocycles. The summed E-state index contributed by atoms with van der Waals surface area (Å²) in [5, 5.41) is 11.2. The van der Waals surface area contributed by atoms with E-state index in [0.717, 1.165) is 69.0 Å². The third-order valence-corrected chi connectivity index (χ3v) is 5.89. The number of rotatable bonds is 7. The molecule has 1 heterocycles. The fourth-order valence-electron chi connectivity index (χ4n) is 3.40. The van der Waals surface area contributed by atoms with Gasteiger partial charge in [-0.3, -0.25) is 9.79 Å². The Bertz CT molecular complexity index is 631. The average molecular weight is 505 g/mol. The molecule has 2 saturated carbocycles. The molecule has 0 spiro atoms. The van der Waals surface area contributed by atoms with E-state index in [1.165, 1.54) is 4.88 Å². The summed E-state index contributed by atoms with van der Waals surface area (Å²) in [6.45, 7) is 5.71. The predicted molar refractivity (Wildman–Crippen MR) is 122 cm³/mol. The van der Waals surface area contributed by atoms with E-state index in [9.17, 15) is 4.79 Å². The van der Waals surface area contributed by atoms with Crippen molar-refractivity contribution in [3.05, 3.63) is 16.1 Å². The highest BCUT2D eigenvalue weighted by molar-refractivity contribution is 14.0. The highest BCUT2D eigenvalue weighted by Crippen LogP contribution is 2.26. The minimum Gasteiger partial charge on any atom is -0.357 e. The van der Waals surface area contributed by atoms with Crippen molar-refractivity contribution in [1.82, 2.24) is 20.9 Å². The van der Waals surface area contributed by atoms with Crippen LogP contribution in [0.4, 0.5) is 0 Å². The molecule has 0 saturated heterocycles. The minimum absolute atomic E-state index is 0. The molecule has 2 atom stereocenters. The van der Waals surface area contributed by atoms with Gasteiger partial charge in [0.15, 0.2) is 5.96 Å². The van der Waals surface area contributed by atoms with Crippen LogP contribution in [0.3, 0.4) is 0 Å². The Morgan fingerprint density at radius 3 is 2.74 bits per heavy atom. The average Bonchev–Trinajstić information content (AvgIpc) is 3.34. The molecular formula is C19H32IN5OS. The molecule has 2 aliphatic rings. The van der Waals surface area contributed by atoms with Gasteiger partial charge in [-0.2, -0.15) is 0 Å². The largest absolute Gasteiger partial charge is 0.357 e. The van der Waals surface area contributed by atoms with Crippen LogP contribution in [0.25, 0.3) is 0 Å². The molecule has 0 aromatic carbocycles. The van der Waals surface area contributed by atoms with Crippen LogP contribution in [0.1, 0.15) is 55.3 Å². The normalized spacial score (nSPS) is 22.7. The molecular weight excluding hydrogens is 473 g/mol. The van der Waals surface area contributed by atoms with Gasteiger partial charge in [0.1, 0.15) is 0 Å². The third kappa shape index (κ3) is 7.56. The van der Waals surface area contributed by atoms with Gasteiger partial charge in [0.05, 0.1) is 5.01 Å². The number of thiazole rings is 1. The first kappa shape index (κ1) is 22.4. The maximum absolute atomic E-state index is 12.3. The summed E-state index contributed by atoms with van der Waals surface area (Å²) in [6, 6.07) is 0.767. The first-order valence-corrected chi connectivity index (χ1v) is 10.7. The van der Waals surface area contributed by atoms with Gasteiger partial charge in [-0.05, 0) is 46.0 Å². The number of amides is 1. The zero-order chi connectivity index (χ0) is 18.4. The first-order valence-electron chi connectivity index (χ1n) is 9.90. The standard InChI is InChI=1S/C19H31N5OS.HI/c1-3-20-19(21-10-9-17-22-12-13(2)26-17)24-16-6-4-5-14(11-16)18(25)23-15-7-8-15;/h12,14-16H,3-11H2,1-2H3,(H,23,25)(H2,20,21,24);1H. The first-order chi connectivity index (χ1) is 12.6. The van der Waals surface area contributed by atoms with Gasteiger partial charge < -0.3 is 16.0 Å². The van der Waals surface area contributed by atoms with Crippen molar-refractivity contribution in [3.8, 4) is 0 Å². The number of carbonyl (C=O) groups is 1. The summed E-state index contributed by atoms with van der Waals surface area (Å²) in [4.78, 5) is 22.7. The molecule has 3 rings (SSSR count). The topological polar surface area (TPSA) is 78.4 Å². The number of aliphatic imine (C=N–C) groups is 1. The number of hydrogen-bond donors (Lipinski definition) is 3. The van der Waals surface area contributed by atoms with Crippen molar-refractivity contribution < 1.29 is 4.79 Å². The van der Waals surface area contributed by atoms with Crippen molar-refractivity contribution in [1.29, 1.82) is 0 Å². The highest BCUT2D eigenvalue weighted by atomic mass is 127. The van der Waals surface area contributed by atoms with Crippen LogP contribution in [-0.2, 0) is 11.2 Å². The van der Waals surface area contributed by atoms with Crippen LogP contribution in [0, 0.1) is 12.8 Å². The SMILES string of the molecule is CCNC(=NCCc1ncc(C)s1)NC1CCCC(C(=O)NC2CC2)C1.I. The summed E-state index contributed by atoms with van der Waals surface area (Å²) in [6.07, 6.45) is 9.18. The molecule has 0 aliphatic heterocycles. The van der Waals surface area contributed by atoms with Crippen molar-refractivity contribution >= 4 is 47.2 Å². The van der Waals surface area contributed by atoms with Crippen molar-refractivity contribution in [3.63, 3.8) is 0 Å². The van der Waals surface area contributed by atoms with Crippen LogP contribution in [-0.4, -0.2) is 42.0 Å². The van der Waals surface area contributed by atoms with Gasteiger partial charge in [-0.25, -0.2) is 4.98 Å². The zero-order valence-electron chi connectivity index (χ0n) is 16.3. The van der Waals surface area contributed by atoms with E-state index >= 15 is 0 Å². The quantitative estimate of drug-likeness (QED) is 0.303. The second kappa shape index (κ2) is 11.2. The lowest BCUT2D eigenvalue weighted by molar-refractivity contribution is -0.126. The summed E-state index contributed by atoms with van der Waals surface area (Å²) >= 11 is 1.74. The number of aromatic nitrogens is 1. The summed E-state index contributed by atoms with van der Waals surface area (Å²) < 4.78 is 0. The van der Waals surface area contributed by atoms with Crippen LogP contribution in [0.2, 0.25) is 0 Å². The molecule has 1 aromatic rings. The molecule has 27 heavy (non-hydrogen) atoms. The van der Waals surface area contributed by atoms with E-state index in [2.05, 4.69) is 34.8 Å². The van der Waals surface area contributed by atoms with Crippen LogP contribution in [0.5, 0.6) is 0 Å². The number of halogens is 1. The second-order valence-electron chi connectivity index (χ2n) is 7.36. The lowest BCUT2D eigenvalue weighted by atomic mass is 9.85. The maximum atomic E-state index is 12.3. The lowest BCUT2D eigenvalue weighted by Gasteiger charge is -2.30. The monoisotopic (exact) mass is 505 g/mol. The molecule has 0 radical (unpaired) electrons. The van der Waals surface area contributed by atoms with E-state index in [1.807, 2.05) is 6.20 Å². The molecule has 8 heteroatoms. The van der Waals surface area contributed by atoms with E-state index in [4.69, 9.17) is 4.99 Å². The second-order valence-corrected chi connectivity index (χ2v) is 8.68. The molecule has 152 valence electrons. The fourth-order valence-corrected chi connectivity index (χ4v) is 4.18. The van der Waals surface area contributed by atoms with Gasteiger partial charge in [0.25, 0.3) is 0 Å². The maximum Gasteiger partial charge on any atom is 0.223 e. The fraction of sp³-hybridized carbons (Fsp3) is 0.737. The summed E-state index contributed by atoms with van der Waals surface area (Å²) in [5.74, 6) is 1.25. The van der Waals surface area contributed by atoms with Crippen LogP contribution in [0.15, 0.2) is 11.2 Å². The van der Waals surface area contributed by atoms with Crippen LogP contribution < -0.4 is 16.0 Å². The molecule has 3 N–H and O–H groups in total. The number of hydrogen-bond acceptors (Lipinski definition) is 4. The minimum atomic E-state index is 0. The Balaban J connectivity index is 0.00000261. The Labute approximate surface area is 183 Å². The predicted octanol–water partition coefficient (Wildman–Crippen LogP) is 3.00. The Morgan fingerprint density at radius 1 is 1.26 bits per heavy atom. The van der Waals surface area contributed by atoms with Gasteiger partial charge in [0, 0.05) is 48.6 Å². The van der Waals surface area contributed by atoms with Crippen molar-refractivity contribution in [2.45, 2.75) is 70.9 Å². The molecule has 6 nitrogen and oxygen atoms in total. The summed E-state index contributed by atoms with van der Waals surface area (Å²) in [5.41, 5.74) is 0. The van der Waals surface area contributed by atoms with Gasteiger partial charge in [0.2, 0.25) is 5.91 Å². The molecule has 0 bridgehead atoms. The van der Waals surface area contributed by atoms with E-state index in [1.54, 1.807) is 11.3 Å². The Kier molecular flexibility index (Phi) is 9.28. The molecule has 2 fully saturated rings. The van der Waals surface area contributed by atoms with E-state index < -0.39 is 0 Å². The van der Waals surface area contributed by atoms with Gasteiger partial charge in [-0.15, -0.1) is 35.3 Å². The lowest BCUT2D eigenvalue weighted by Crippen LogP contribution is -2.47. The van der Waals surface area contributed by atoms with Crippen molar-refractivity contribution in [2.75, 3.05) is 13.1 Å². The highest BCUT2D eigenvalue weighted by Gasteiger charge is 2.31. The smallest absolute Gasteiger partial charge is 0.223 e. The number of carbonyl (C=O) groups excluding carboxylic acids is 1. The zero-order valence-corrected chi connectivity index (χ0v) is 19.4. The molecule has 1 amide bonds. The number of guanidine groups is 1. The van der Waals surface area contributed by atoms with Gasteiger partial charge in [-0.1, -0.05) is 6.42 Å². The van der Waals surface area contributed by atoms with E-state index in [0.29, 0.717) is 12.1 Å². The van der Waals surface area contributed by atoms with E-state index in [-0.39, 0.29) is 35.8 Å². The number of nitrogens with zero attached hydrogens (tertiary/aromatic N) is 2. The number of aryl methyl sites for hydroxylation is 1. The molecule has 2 unspecified atom stereocenters. The van der Waals surface area contributed by atoms with Gasteiger partial charge >= 0.3 is 0 Å².